The van der Waals surface area contributed by atoms with Crippen molar-refractivity contribution in [3.8, 4) is 0 Å². The summed E-state index contributed by atoms with van der Waals surface area (Å²) >= 11 is 0. The van der Waals surface area contributed by atoms with Crippen molar-refractivity contribution < 1.29 is 0 Å². The molecule has 0 saturated carbocycles. The minimum atomic E-state index is 0.699. The second kappa shape index (κ2) is 32.2. The molecule has 5 aliphatic heterocycles. The van der Waals surface area contributed by atoms with Crippen molar-refractivity contribution in [2.75, 3.05) is 172 Å². The lowest BCUT2D eigenvalue weighted by atomic mass is 9.96. The Morgan fingerprint density at radius 3 is 1.17 bits per heavy atom. The van der Waals surface area contributed by atoms with E-state index in [1.54, 1.807) is 0 Å². The third-order valence-corrected chi connectivity index (χ3v) is 13.1. The van der Waals surface area contributed by atoms with Gasteiger partial charge in [0.05, 0.1) is 0 Å². The number of likely N-dealkylation sites (tertiary alicyclic amines) is 2. The van der Waals surface area contributed by atoms with E-state index in [0.717, 1.165) is 44.1 Å². The summed E-state index contributed by atoms with van der Waals surface area (Å²) in [6.07, 6.45) is 2.66. The summed E-state index contributed by atoms with van der Waals surface area (Å²) < 4.78 is 0. The van der Waals surface area contributed by atoms with Crippen molar-refractivity contribution in [3.05, 3.63) is 0 Å². The van der Waals surface area contributed by atoms with Gasteiger partial charge in [-0.1, -0.05) is 13.3 Å². The zero-order valence-corrected chi connectivity index (χ0v) is 41.4. The molecule has 5 fully saturated rings. The van der Waals surface area contributed by atoms with Gasteiger partial charge in [-0.15, -0.1) is 0 Å². The fourth-order valence-electron chi connectivity index (χ4n) is 8.12. The van der Waals surface area contributed by atoms with Crippen molar-refractivity contribution in [1.82, 2.24) is 49.4 Å². The van der Waals surface area contributed by atoms with Crippen molar-refractivity contribution in [1.29, 1.82) is 0 Å². The van der Waals surface area contributed by atoms with Gasteiger partial charge in [0.25, 0.3) is 0 Å². The minimum Gasteiger partial charge on any atom is -0.330 e. The Labute approximate surface area is 362 Å². The van der Waals surface area contributed by atoms with Crippen LogP contribution in [0.15, 0.2) is 0 Å². The molecule has 1 atom stereocenters. The van der Waals surface area contributed by atoms with Gasteiger partial charge in [-0.25, -0.2) is 0 Å². The molecule has 0 bridgehead atoms. The smallest absolute Gasteiger partial charge is 0.0113 e. The molecule has 5 rings (SSSR count). The van der Waals surface area contributed by atoms with Crippen molar-refractivity contribution in [2.24, 2.45) is 23.3 Å². The second-order valence-electron chi connectivity index (χ2n) is 19.4. The van der Waals surface area contributed by atoms with Gasteiger partial charge in [0.1, 0.15) is 0 Å². The van der Waals surface area contributed by atoms with E-state index in [1.165, 1.54) is 137 Å². The van der Waals surface area contributed by atoms with Gasteiger partial charge in [-0.05, 0) is 122 Å². The van der Waals surface area contributed by atoms with E-state index < -0.39 is 0 Å². The number of rotatable bonds is 15. The second-order valence-corrected chi connectivity index (χ2v) is 19.4. The van der Waals surface area contributed by atoms with Crippen LogP contribution in [-0.2, 0) is 0 Å². The van der Waals surface area contributed by atoms with Gasteiger partial charge in [-0.2, -0.15) is 0 Å². The predicted molar refractivity (Wildman–Crippen MR) is 255 cm³/mol. The number of likely N-dealkylation sites (N-methyl/N-ethyl adjacent to an activating group) is 2. The Hall–Kier alpha value is -0.480. The molecule has 5 heterocycles. The summed E-state index contributed by atoms with van der Waals surface area (Å²) in [5, 5.41) is 3.19. The molecule has 0 aromatic carbocycles. The molecule has 0 aromatic heterocycles. The van der Waals surface area contributed by atoms with E-state index in [9.17, 15) is 0 Å². The fraction of sp³-hybridized carbons (Fsp3) is 1.00. The molecule has 5 N–H and O–H groups in total. The highest BCUT2D eigenvalue weighted by molar-refractivity contribution is 4.81. The van der Waals surface area contributed by atoms with Crippen molar-refractivity contribution in [2.45, 2.75) is 119 Å². The maximum atomic E-state index is 5.57. The van der Waals surface area contributed by atoms with Gasteiger partial charge >= 0.3 is 0 Å². The number of hydrogen-bond acceptors (Lipinski definition) is 12. The third-order valence-electron chi connectivity index (χ3n) is 13.1. The number of nitrogens with two attached hydrogens (primary N) is 2. The molecule has 0 amide bonds. The molecular formula is C46H104N12. The SMILES string of the molecule is CC(C)N1CCC(CN)C1.CC(C)N1CCN(CCN(C)C)CC1.CC(C)N1CCN(CCN)CC1.CCC1CN(C(C)C)C1.CNCCN1CCN(C(C)C)CC1. The van der Waals surface area contributed by atoms with Crippen LogP contribution < -0.4 is 16.8 Å². The summed E-state index contributed by atoms with van der Waals surface area (Å²) in [5.41, 5.74) is 11.1. The third kappa shape index (κ3) is 24.2. The summed E-state index contributed by atoms with van der Waals surface area (Å²) in [6.45, 7) is 52.3. The van der Waals surface area contributed by atoms with E-state index in [2.05, 4.69) is 140 Å². The van der Waals surface area contributed by atoms with Crippen LogP contribution >= 0.6 is 0 Å². The average Bonchev–Trinajstić information content (AvgIpc) is 3.68. The Balaban J connectivity index is 0.000000365. The molecule has 12 heteroatoms. The van der Waals surface area contributed by atoms with Crippen LogP contribution in [0.1, 0.15) is 89.0 Å². The minimum absolute atomic E-state index is 0.699. The topological polar surface area (TPSA) is 93.2 Å². The average molecular weight is 825 g/mol. The monoisotopic (exact) mass is 825 g/mol. The molecule has 348 valence electrons. The first-order valence-corrected chi connectivity index (χ1v) is 24.1. The van der Waals surface area contributed by atoms with E-state index in [1.807, 2.05) is 7.05 Å². The maximum Gasteiger partial charge on any atom is 0.0113 e. The van der Waals surface area contributed by atoms with Gasteiger partial charge < -0.3 is 31.5 Å². The number of hydrogen-bond donors (Lipinski definition) is 3. The summed E-state index contributed by atoms with van der Waals surface area (Å²) in [5.74, 6) is 1.77. The quantitative estimate of drug-likeness (QED) is 0.227. The van der Waals surface area contributed by atoms with Crippen molar-refractivity contribution in [3.63, 3.8) is 0 Å². The van der Waals surface area contributed by atoms with E-state index in [-0.39, 0.29) is 0 Å². The molecule has 0 aliphatic carbocycles. The highest BCUT2D eigenvalue weighted by atomic mass is 15.3. The van der Waals surface area contributed by atoms with Gasteiger partial charge in [0.2, 0.25) is 0 Å². The Kier molecular flexibility index (Phi) is 30.9. The largest absolute Gasteiger partial charge is 0.330 e. The lowest BCUT2D eigenvalue weighted by Crippen LogP contribution is -2.50. The molecule has 1 unspecified atom stereocenters. The molecular weight excluding hydrogens is 721 g/mol. The predicted octanol–water partition coefficient (Wildman–Crippen LogP) is 3.19. The van der Waals surface area contributed by atoms with Crippen LogP contribution in [0.5, 0.6) is 0 Å². The fourth-order valence-corrected chi connectivity index (χ4v) is 8.12. The first kappa shape index (κ1) is 55.5. The van der Waals surface area contributed by atoms with Crippen LogP contribution in [0.4, 0.5) is 0 Å². The zero-order valence-electron chi connectivity index (χ0n) is 41.4. The number of piperazine rings is 3. The molecule has 58 heavy (non-hydrogen) atoms. The maximum absolute atomic E-state index is 5.57. The van der Waals surface area contributed by atoms with Crippen LogP contribution in [0, 0.1) is 11.8 Å². The summed E-state index contributed by atoms with van der Waals surface area (Å²) in [6, 6.07) is 3.60. The standard InChI is InChI=1S/C11H25N3.C10H23N3.C9H21N3.C8H18N2.C8H17N/c1-11(2)14-9-7-13(8-10-14)6-5-12(3)4;1-10(2)13-8-6-12(7-9-13)5-4-11-3;1-9(2)12-7-5-11(4-3-10)6-8-12;1-7(2)10-4-3-8(5-9)6-10;1-4-8-5-9(6-8)7(2)3/h11H,5-10H2,1-4H3;10-11H,4-9H2,1-3H3;9H,3-8,10H2,1-2H3;7-8H,3-6,9H2,1-2H3;7-8H,4-6H2,1-3H3. The zero-order chi connectivity index (χ0) is 43.6. The Morgan fingerprint density at radius 2 is 0.879 bits per heavy atom. The molecule has 5 aliphatic rings. The van der Waals surface area contributed by atoms with Crippen LogP contribution in [0.2, 0.25) is 0 Å². The summed E-state index contributed by atoms with van der Waals surface area (Å²) in [7, 11) is 6.30. The lowest BCUT2D eigenvalue weighted by Gasteiger charge is -2.41. The van der Waals surface area contributed by atoms with Gasteiger partial charge in [0, 0.05) is 168 Å². The number of nitrogens with one attached hydrogen (secondary N) is 1. The summed E-state index contributed by atoms with van der Waals surface area (Å²) in [4.78, 5) is 22.5. The van der Waals surface area contributed by atoms with Crippen LogP contribution in [-0.4, -0.2) is 246 Å². The number of nitrogens with zero attached hydrogens (tertiary/aromatic N) is 9. The first-order valence-electron chi connectivity index (χ1n) is 24.1. The molecule has 0 aromatic rings. The Morgan fingerprint density at radius 1 is 0.500 bits per heavy atom. The molecule has 12 nitrogen and oxygen atoms in total. The molecule has 0 spiro atoms. The normalized spacial score (nSPS) is 22.8. The van der Waals surface area contributed by atoms with Crippen molar-refractivity contribution >= 4 is 0 Å². The lowest BCUT2D eigenvalue weighted by molar-refractivity contribution is 0.0658. The Bertz CT molecular complexity index is 920. The molecule has 0 radical (unpaired) electrons. The molecule has 5 saturated heterocycles. The van der Waals surface area contributed by atoms with Gasteiger partial charge in [-0.3, -0.25) is 29.4 Å². The highest BCUT2D eigenvalue weighted by Gasteiger charge is 2.26. The van der Waals surface area contributed by atoms with E-state index in [0.29, 0.717) is 24.2 Å². The van der Waals surface area contributed by atoms with Gasteiger partial charge in [0.15, 0.2) is 0 Å². The van der Waals surface area contributed by atoms with Crippen LogP contribution in [0.25, 0.3) is 0 Å². The van der Waals surface area contributed by atoms with E-state index in [4.69, 9.17) is 11.5 Å². The first-order chi connectivity index (χ1) is 27.5. The van der Waals surface area contributed by atoms with E-state index >= 15 is 0 Å². The van der Waals surface area contributed by atoms with Crippen LogP contribution in [0.3, 0.4) is 0 Å². The highest BCUT2D eigenvalue weighted by Crippen LogP contribution is 2.20.